The Balaban J connectivity index is 0.00000441. The molecule has 22 heavy (non-hydrogen) atoms. The summed E-state index contributed by atoms with van der Waals surface area (Å²) in [5.41, 5.74) is 0. The van der Waals surface area contributed by atoms with E-state index in [0.717, 1.165) is 31.2 Å². The molecule has 1 heterocycles. The van der Waals surface area contributed by atoms with Gasteiger partial charge in [-0.3, -0.25) is 9.79 Å². The first kappa shape index (κ1) is 21.8. The van der Waals surface area contributed by atoms with Gasteiger partial charge in [-0.1, -0.05) is 13.8 Å². The summed E-state index contributed by atoms with van der Waals surface area (Å²) in [5, 5.41) is 6.98. The molecule has 7 heteroatoms. The molecule has 0 bridgehead atoms. The highest BCUT2D eigenvalue weighted by Crippen LogP contribution is 2.20. The highest BCUT2D eigenvalue weighted by Gasteiger charge is 2.21. The lowest BCUT2D eigenvalue weighted by atomic mass is 10.2. The molecule has 1 fully saturated rings. The average molecular weight is 442 g/mol. The fourth-order valence-corrected chi connectivity index (χ4v) is 3.41. The smallest absolute Gasteiger partial charge is 0.221 e. The van der Waals surface area contributed by atoms with Gasteiger partial charge in [0.1, 0.15) is 0 Å². The van der Waals surface area contributed by atoms with Crippen molar-refractivity contribution in [3.63, 3.8) is 0 Å². The number of hydrogen-bond donors (Lipinski definition) is 2. The Morgan fingerprint density at radius 1 is 1.45 bits per heavy atom. The van der Waals surface area contributed by atoms with Crippen LogP contribution in [0.15, 0.2) is 4.99 Å². The maximum absolute atomic E-state index is 11.7. The maximum atomic E-state index is 11.7. The van der Waals surface area contributed by atoms with Crippen LogP contribution < -0.4 is 10.6 Å². The van der Waals surface area contributed by atoms with E-state index >= 15 is 0 Å². The van der Waals surface area contributed by atoms with Crippen molar-refractivity contribution in [2.24, 2.45) is 4.99 Å². The fourth-order valence-electron chi connectivity index (χ4n) is 2.23. The molecule has 0 aromatic heterocycles. The zero-order valence-corrected chi connectivity index (χ0v) is 17.4. The van der Waals surface area contributed by atoms with E-state index in [1.807, 2.05) is 25.7 Å². The van der Waals surface area contributed by atoms with Gasteiger partial charge in [0.2, 0.25) is 5.91 Å². The van der Waals surface area contributed by atoms with E-state index < -0.39 is 0 Å². The lowest BCUT2D eigenvalue weighted by Gasteiger charge is -2.34. The molecule has 2 atom stereocenters. The Hall–Kier alpha value is -0.180. The van der Waals surface area contributed by atoms with E-state index in [-0.39, 0.29) is 35.9 Å². The van der Waals surface area contributed by atoms with Crippen molar-refractivity contribution < 1.29 is 4.79 Å². The van der Waals surface area contributed by atoms with Crippen LogP contribution in [0.4, 0.5) is 0 Å². The predicted molar refractivity (Wildman–Crippen MR) is 107 cm³/mol. The summed E-state index contributed by atoms with van der Waals surface area (Å²) in [6.45, 7) is 9.04. The number of aliphatic imine (C=N–C) groups is 1. The molecule has 2 N–H and O–H groups in total. The first-order valence-corrected chi connectivity index (χ1v) is 9.02. The number of carbonyl (C=O) groups is 1. The third kappa shape index (κ3) is 7.89. The number of rotatable bonds is 6. The molecule has 1 rings (SSSR count). The molecule has 0 saturated carbocycles. The number of guanidine groups is 1. The van der Waals surface area contributed by atoms with E-state index in [1.54, 1.807) is 0 Å². The molecule has 0 radical (unpaired) electrons. The van der Waals surface area contributed by atoms with E-state index in [0.29, 0.717) is 18.2 Å². The van der Waals surface area contributed by atoms with Gasteiger partial charge in [-0.25, -0.2) is 0 Å². The van der Waals surface area contributed by atoms with Crippen LogP contribution in [0.5, 0.6) is 0 Å². The number of hydrogen-bond acceptors (Lipinski definition) is 3. The van der Waals surface area contributed by atoms with E-state index in [9.17, 15) is 4.79 Å². The van der Waals surface area contributed by atoms with Crippen LogP contribution in [0.25, 0.3) is 0 Å². The first-order chi connectivity index (χ1) is 10.1. The molecular weight excluding hydrogens is 411 g/mol. The number of carbonyl (C=O) groups excluding carboxylic acids is 1. The van der Waals surface area contributed by atoms with Crippen LogP contribution in [-0.4, -0.2) is 60.5 Å². The standard InChI is InChI=1S/C15H30N4OS.HI/c1-5-12(3)18-14(20)7-8-17-15(16-4)19-9-10-21-13(6-2)11-19;/h12-13H,5-11H2,1-4H3,(H,16,17)(H,18,20);1H. The lowest BCUT2D eigenvalue weighted by Crippen LogP contribution is -2.48. The Bertz CT molecular complexity index is 354. The average Bonchev–Trinajstić information content (AvgIpc) is 2.51. The first-order valence-electron chi connectivity index (χ1n) is 7.97. The molecular formula is C15H31IN4OS. The largest absolute Gasteiger partial charge is 0.356 e. The van der Waals surface area contributed by atoms with Crippen molar-refractivity contribution in [3.05, 3.63) is 0 Å². The van der Waals surface area contributed by atoms with Gasteiger partial charge < -0.3 is 15.5 Å². The highest BCUT2D eigenvalue weighted by molar-refractivity contribution is 14.0. The minimum atomic E-state index is 0. The van der Waals surface area contributed by atoms with Gasteiger partial charge in [0.05, 0.1) is 0 Å². The number of thioether (sulfide) groups is 1. The van der Waals surface area contributed by atoms with Crippen LogP contribution in [0.1, 0.15) is 40.0 Å². The summed E-state index contributed by atoms with van der Waals surface area (Å²) >= 11 is 2.04. The minimum absolute atomic E-state index is 0. The molecule has 5 nitrogen and oxygen atoms in total. The topological polar surface area (TPSA) is 56.7 Å². The Kier molecular flexibility index (Phi) is 12.2. The Labute approximate surface area is 156 Å². The molecule has 1 aliphatic rings. The Morgan fingerprint density at radius 2 is 2.18 bits per heavy atom. The second-order valence-electron chi connectivity index (χ2n) is 5.45. The van der Waals surface area contributed by atoms with Crippen molar-refractivity contribution in [3.8, 4) is 0 Å². The van der Waals surface area contributed by atoms with Crippen molar-refractivity contribution >= 4 is 47.6 Å². The van der Waals surface area contributed by atoms with Crippen molar-refractivity contribution in [1.29, 1.82) is 0 Å². The quantitative estimate of drug-likeness (QED) is 0.377. The second-order valence-corrected chi connectivity index (χ2v) is 6.86. The van der Waals surface area contributed by atoms with Crippen LogP contribution >= 0.6 is 35.7 Å². The zero-order valence-electron chi connectivity index (χ0n) is 14.2. The zero-order chi connectivity index (χ0) is 15.7. The third-order valence-electron chi connectivity index (χ3n) is 3.76. The SMILES string of the molecule is CCC(C)NC(=O)CCNC(=NC)N1CCSC(CC)C1.I. The maximum Gasteiger partial charge on any atom is 0.221 e. The monoisotopic (exact) mass is 442 g/mol. The molecule has 0 spiro atoms. The minimum Gasteiger partial charge on any atom is -0.356 e. The molecule has 0 aromatic carbocycles. The molecule has 1 amide bonds. The number of halogens is 1. The van der Waals surface area contributed by atoms with Crippen LogP contribution in [0, 0.1) is 0 Å². The molecule has 0 aliphatic carbocycles. The summed E-state index contributed by atoms with van der Waals surface area (Å²) < 4.78 is 0. The second kappa shape index (κ2) is 12.3. The van der Waals surface area contributed by atoms with Crippen LogP contribution in [-0.2, 0) is 4.79 Å². The van der Waals surface area contributed by atoms with Crippen molar-refractivity contribution in [2.75, 3.05) is 32.4 Å². The van der Waals surface area contributed by atoms with Crippen molar-refractivity contribution in [1.82, 2.24) is 15.5 Å². The van der Waals surface area contributed by atoms with Gasteiger partial charge >= 0.3 is 0 Å². The molecule has 1 saturated heterocycles. The molecule has 0 aromatic rings. The van der Waals surface area contributed by atoms with Gasteiger partial charge in [0.25, 0.3) is 0 Å². The summed E-state index contributed by atoms with van der Waals surface area (Å²) in [7, 11) is 1.81. The normalized spacial score (nSPS) is 20.1. The van der Waals surface area contributed by atoms with Gasteiger partial charge in [0.15, 0.2) is 5.96 Å². The molecule has 1 aliphatic heterocycles. The number of amides is 1. The van der Waals surface area contributed by atoms with E-state index in [4.69, 9.17) is 0 Å². The summed E-state index contributed by atoms with van der Waals surface area (Å²) in [4.78, 5) is 18.4. The molecule has 130 valence electrons. The van der Waals surface area contributed by atoms with E-state index in [2.05, 4.69) is 34.4 Å². The number of nitrogens with zero attached hydrogens (tertiary/aromatic N) is 2. The van der Waals surface area contributed by atoms with Crippen LogP contribution in [0.2, 0.25) is 0 Å². The van der Waals surface area contributed by atoms with Gasteiger partial charge in [-0.2, -0.15) is 11.8 Å². The lowest BCUT2D eigenvalue weighted by molar-refractivity contribution is -0.121. The van der Waals surface area contributed by atoms with Gasteiger partial charge in [-0.05, 0) is 19.8 Å². The summed E-state index contributed by atoms with van der Waals surface area (Å²) in [6, 6.07) is 0.251. The Morgan fingerprint density at radius 3 is 2.77 bits per heavy atom. The highest BCUT2D eigenvalue weighted by atomic mass is 127. The van der Waals surface area contributed by atoms with Crippen LogP contribution in [0.3, 0.4) is 0 Å². The van der Waals surface area contributed by atoms with Gasteiger partial charge in [0, 0.05) is 50.1 Å². The third-order valence-corrected chi connectivity index (χ3v) is 5.13. The molecule has 2 unspecified atom stereocenters. The summed E-state index contributed by atoms with van der Waals surface area (Å²) in [6.07, 6.45) is 2.64. The number of nitrogens with one attached hydrogen (secondary N) is 2. The fraction of sp³-hybridized carbons (Fsp3) is 0.867. The predicted octanol–water partition coefficient (Wildman–Crippen LogP) is 2.31. The van der Waals surface area contributed by atoms with E-state index in [1.165, 1.54) is 6.42 Å². The van der Waals surface area contributed by atoms with Gasteiger partial charge in [-0.15, -0.1) is 24.0 Å². The van der Waals surface area contributed by atoms with Crippen molar-refractivity contribution in [2.45, 2.75) is 51.3 Å². The summed E-state index contributed by atoms with van der Waals surface area (Å²) in [5.74, 6) is 2.17.